The molecule has 100 valence electrons. The van der Waals surface area contributed by atoms with Gasteiger partial charge in [0.15, 0.2) is 0 Å². The topological polar surface area (TPSA) is 76.4 Å². The number of benzene rings is 1. The van der Waals surface area contributed by atoms with Crippen LogP contribution in [0.4, 0.5) is 9.18 Å². The summed E-state index contributed by atoms with van der Waals surface area (Å²) in [4.78, 5) is 10.5. The molecule has 0 aliphatic heterocycles. The van der Waals surface area contributed by atoms with Gasteiger partial charge in [0.25, 0.3) is 0 Å². The highest BCUT2D eigenvalue weighted by Gasteiger charge is 2.15. The van der Waals surface area contributed by atoms with Crippen LogP contribution in [0.5, 0.6) is 5.75 Å². The lowest BCUT2D eigenvalue weighted by atomic mass is 10.1. The minimum absolute atomic E-state index is 0.226. The van der Waals surface area contributed by atoms with E-state index in [-0.39, 0.29) is 11.9 Å². The van der Waals surface area contributed by atoms with E-state index in [2.05, 4.69) is 10.6 Å². The zero-order chi connectivity index (χ0) is 13.5. The number of hydrogen-bond donors (Lipinski definition) is 3. The first-order valence-electron chi connectivity index (χ1n) is 5.65. The zero-order valence-corrected chi connectivity index (χ0v) is 10.5. The molecule has 0 spiro atoms. The van der Waals surface area contributed by atoms with E-state index in [1.807, 2.05) is 6.92 Å². The maximum Gasteiger partial charge on any atom is 0.312 e. The van der Waals surface area contributed by atoms with Crippen LogP contribution in [0.25, 0.3) is 0 Å². The van der Waals surface area contributed by atoms with Gasteiger partial charge in [-0.05, 0) is 19.1 Å². The van der Waals surface area contributed by atoms with E-state index in [1.165, 1.54) is 13.2 Å². The van der Waals surface area contributed by atoms with Gasteiger partial charge in [0.1, 0.15) is 11.6 Å². The first-order valence-corrected chi connectivity index (χ1v) is 5.65. The van der Waals surface area contributed by atoms with Crippen LogP contribution in [-0.4, -0.2) is 26.2 Å². The first-order chi connectivity index (χ1) is 8.56. The number of nitrogens with one attached hydrogen (secondary N) is 2. The van der Waals surface area contributed by atoms with Gasteiger partial charge in [-0.3, -0.25) is 0 Å². The maximum absolute atomic E-state index is 13.7. The average molecular weight is 255 g/mol. The second-order valence-corrected chi connectivity index (χ2v) is 3.82. The summed E-state index contributed by atoms with van der Waals surface area (Å²) in [5.74, 6) is 0.176. The maximum atomic E-state index is 13.7. The Kier molecular flexibility index (Phi) is 5.38. The molecule has 1 aromatic rings. The van der Waals surface area contributed by atoms with Crippen molar-refractivity contribution in [1.82, 2.24) is 10.6 Å². The number of rotatable bonds is 6. The van der Waals surface area contributed by atoms with Crippen molar-refractivity contribution < 1.29 is 13.9 Å². The van der Waals surface area contributed by atoms with Crippen LogP contribution in [0.15, 0.2) is 18.2 Å². The summed E-state index contributed by atoms with van der Waals surface area (Å²) < 4.78 is 18.8. The summed E-state index contributed by atoms with van der Waals surface area (Å²) in [5, 5.41) is 5.53. The Bertz CT molecular complexity index is 412. The molecule has 1 unspecified atom stereocenters. The monoisotopic (exact) mass is 255 g/mol. The van der Waals surface area contributed by atoms with Gasteiger partial charge in [-0.15, -0.1) is 0 Å². The number of carbonyl (C=O) groups is 1. The molecule has 0 saturated carbocycles. The van der Waals surface area contributed by atoms with E-state index in [4.69, 9.17) is 10.5 Å². The molecule has 0 heterocycles. The van der Waals surface area contributed by atoms with Crippen LogP contribution in [0.2, 0.25) is 0 Å². The van der Waals surface area contributed by atoms with Crippen molar-refractivity contribution >= 4 is 6.03 Å². The number of hydrogen-bond acceptors (Lipinski definition) is 3. The summed E-state index contributed by atoms with van der Waals surface area (Å²) in [6.45, 7) is 2.70. The standard InChI is InChI=1S/C12H18FN3O2/c1-8(15-6-7-16-12(14)17)11-9(13)4-3-5-10(11)18-2/h3-5,8,15H,6-7H2,1-2H3,(H3,14,16,17). The number of primary amides is 1. The minimum Gasteiger partial charge on any atom is -0.496 e. The second kappa shape index (κ2) is 6.80. The van der Waals surface area contributed by atoms with Gasteiger partial charge in [0, 0.05) is 24.7 Å². The number of nitrogens with two attached hydrogens (primary N) is 1. The Morgan fingerprint density at radius 1 is 1.50 bits per heavy atom. The third kappa shape index (κ3) is 3.89. The van der Waals surface area contributed by atoms with Crippen LogP contribution in [0.3, 0.4) is 0 Å². The number of carbonyl (C=O) groups excluding carboxylic acids is 1. The minimum atomic E-state index is -0.576. The number of urea groups is 1. The van der Waals surface area contributed by atoms with Gasteiger partial charge < -0.3 is 21.1 Å². The van der Waals surface area contributed by atoms with Gasteiger partial charge in [-0.25, -0.2) is 9.18 Å². The quantitative estimate of drug-likeness (QED) is 0.667. The Labute approximate surface area is 106 Å². The molecule has 1 rings (SSSR count). The molecule has 0 bridgehead atoms. The summed E-state index contributed by atoms with van der Waals surface area (Å²) in [7, 11) is 1.50. The fourth-order valence-electron chi connectivity index (χ4n) is 1.69. The fraction of sp³-hybridized carbons (Fsp3) is 0.417. The third-order valence-corrected chi connectivity index (χ3v) is 2.54. The van der Waals surface area contributed by atoms with Crippen molar-refractivity contribution in [3.63, 3.8) is 0 Å². The summed E-state index contributed by atoms with van der Waals surface area (Å²) in [6.07, 6.45) is 0. The van der Waals surface area contributed by atoms with Gasteiger partial charge in [0.05, 0.1) is 7.11 Å². The molecule has 0 radical (unpaired) electrons. The number of amides is 2. The number of halogens is 1. The molecule has 2 amide bonds. The average Bonchev–Trinajstić information content (AvgIpc) is 2.33. The molecule has 0 aliphatic carbocycles. The Balaban J connectivity index is 2.60. The molecule has 0 aliphatic rings. The predicted octanol–water partition coefficient (Wildman–Crippen LogP) is 1.15. The largest absolute Gasteiger partial charge is 0.496 e. The smallest absolute Gasteiger partial charge is 0.312 e. The molecule has 0 fully saturated rings. The van der Waals surface area contributed by atoms with Crippen molar-refractivity contribution in [3.8, 4) is 5.75 Å². The van der Waals surface area contributed by atoms with Gasteiger partial charge in [0.2, 0.25) is 0 Å². The van der Waals surface area contributed by atoms with Gasteiger partial charge >= 0.3 is 6.03 Å². The second-order valence-electron chi connectivity index (χ2n) is 3.82. The van der Waals surface area contributed by atoms with Gasteiger partial charge in [-0.1, -0.05) is 6.07 Å². The molecule has 1 aromatic carbocycles. The Morgan fingerprint density at radius 3 is 2.83 bits per heavy atom. The van der Waals surface area contributed by atoms with Crippen molar-refractivity contribution in [2.75, 3.05) is 20.2 Å². The van der Waals surface area contributed by atoms with Crippen molar-refractivity contribution in [2.24, 2.45) is 5.73 Å². The van der Waals surface area contributed by atoms with Crippen molar-refractivity contribution in [1.29, 1.82) is 0 Å². The van der Waals surface area contributed by atoms with E-state index >= 15 is 0 Å². The van der Waals surface area contributed by atoms with Crippen LogP contribution >= 0.6 is 0 Å². The first kappa shape index (κ1) is 14.2. The number of ether oxygens (including phenoxy) is 1. The van der Waals surface area contributed by atoms with Crippen LogP contribution in [0, 0.1) is 5.82 Å². The van der Waals surface area contributed by atoms with Gasteiger partial charge in [-0.2, -0.15) is 0 Å². The SMILES string of the molecule is COc1cccc(F)c1C(C)NCCNC(N)=O. The Morgan fingerprint density at radius 2 is 2.22 bits per heavy atom. The lowest BCUT2D eigenvalue weighted by Gasteiger charge is -2.18. The molecule has 6 heteroatoms. The summed E-state index contributed by atoms with van der Waals surface area (Å²) >= 11 is 0. The highest BCUT2D eigenvalue weighted by atomic mass is 19.1. The molecular formula is C12H18FN3O2. The molecule has 1 atom stereocenters. The highest BCUT2D eigenvalue weighted by Crippen LogP contribution is 2.27. The van der Waals surface area contributed by atoms with E-state index in [9.17, 15) is 9.18 Å². The predicted molar refractivity (Wildman–Crippen MR) is 67.0 cm³/mol. The zero-order valence-electron chi connectivity index (χ0n) is 10.5. The molecule has 0 aromatic heterocycles. The Hall–Kier alpha value is -1.82. The van der Waals surface area contributed by atoms with E-state index in [0.29, 0.717) is 24.4 Å². The van der Waals surface area contributed by atoms with Crippen LogP contribution in [-0.2, 0) is 0 Å². The molecule has 18 heavy (non-hydrogen) atoms. The lowest BCUT2D eigenvalue weighted by molar-refractivity contribution is 0.249. The normalized spacial score (nSPS) is 11.9. The van der Waals surface area contributed by atoms with E-state index in [1.54, 1.807) is 12.1 Å². The van der Waals surface area contributed by atoms with E-state index < -0.39 is 6.03 Å². The highest BCUT2D eigenvalue weighted by molar-refractivity contribution is 5.71. The van der Waals surface area contributed by atoms with Crippen LogP contribution < -0.4 is 21.1 Å². The molecule has 4 N–H and O–H groups in total. The summed E-state index contributed by atoms with van der Waals surface area (Å²) in [5.41, 5.74) is 5.40. The molecule has 0 saturated heterocycles. The molecule has 5 nitrogen and oxygen atoms in total. The van der Waals surface area contributed by atoms with E-state index in [0.717, 1.165) is 0 Å². The third-order valence-electron chi connectivity index (χ3n) is 2.54. The lowest BCUT2D eigenvalue weighted by Crippen LogP contribution is -2.36. The summed E-state index contributed by atoms with van der Waals surface area (Å²) in [6, 6.07) is 3.89. The molecular weight excluding hydrogens is 237 g/mol. The number of methoxy groups -OCH3 is 1. The van der Waals surface area contributed by atoms with Crippen molar-refractivity contribution in [2.45, 2.75) is 13.0 Å². The van der Waals surface area contributed by atoms with Crippen LogP contribution in [0.1, 0.15) is 18.5 Å². The fourth-order valence-corrected chi connectivity index (χ4v) is 1.69. The van der Waals surface area contributed by atoms with Crippen molar-refractivity contribution in [3.05, 3.63) is 29.6 Å².